The first-order chi connectivity index (χ1) is 10.8. The van der Waals surface area contributed by atoms with E-state index in [1.54, 1.807) is 0 Å². The van der Waals surface area contributed by atoms with E-state index >= 15 is 0 Å². The van der Waals surface area contributed by atoms with Crippen molar-refractivity contribution < 1.29 is 27.1 Å². The minimum Gasteiger partial charge on any atom is -0.452 e. The molecule has 0 aromatic heterocycles. The maximum Gasteiger partial charge on any atom is 0.331 e. The number of carbonyl (C=O) groups excluding carboxylic acids is 2. The lowest BCUT2D eigenvalue weighted by Gasteiger charge is -2.10. The quantitative estimate of drug-likeness (QED) is 0.628. The number of sulfone groups is 1. The van der Waals surface area contributed by atoms with Crippen LogP contribution in [0.25, 0.3) is 6.08 Å². The van der Waals surface area contributed by atoms with Gasteiger partial charge < -0.3 is 10.1 Å². The Hall–Kier alpha value is -2.22. The van der Waals surface area contributed by atoms with Gasteiger partial charge in [-0.25, -0.2) is 17.6 Å². The van der Waals surface area contributed by atoms with Crippen molar-refractivity contribution in [3.63, 3.8) is 0 Å². The van der Waals surface area contributed by atoms with Gasteiger partial charge in [0.25, 0.3) is 5.91 Å². The zero-order valence-electron chi connectivity index (χ0n) is 12.2. The highest BCUT2D eigenvalue weighted by Gasteiger charge is 2.28. The van der Waals surface area contributed by atoms with E-state index in [1.807, 2.05) is 0 Å². The molecule has 1 aliphatic heterocycles. The van der Waals surface area contributed by atoms with Gasteiger partial charge in [0.2, 0.25) is 0 Å². The fraction of sp³-hybridized carbons (Fsp3) is 0.333. The number of esters is 1. The highest BCUT2D eigenvalue weighted by molar-refractivity contribution is 7.91. The summed E-state index contributed by atoms with van der Waals surface area (Å²) in [5.41, 5.74) is 0.615. The van der Waals surface area contributed by atoms with E-state index in [-0.39, 0.29) is 17.3 Å². The van der Waals surface area contributed by atoms with Crippen molar-refractivity contribution in [2.75, 3.05) is 18.1 Å². The number of benzene rings is 1. The average molecular weight is 341 g/mol. The average Bonchev–Trinajstić information content (AvgIpc) is 2.83. The predicted octanol–water partition coefficient (Wildman–Crippen LogP) is 0.685. The van der Waals surface area contributed by atoms with Gasteiger partial charge in [-0.15, -0.1) is 0 Å². The summed E-state index contributed by atoms with van der Waals surface area (Å²) in [7, 11) is -3.08. The Morgan fingerprint density at radius 1 is 1.30 bits per heavy atom. The van der Waals surface area contributed by atoms with E-state index in [9.17, 15) is 22.4 Å². The monoisotopic (exact) mass is 341 g/mol. The number of carbonyl (C=O) groups is 2. The smallest absolute Gasteiger partial charge is 0.331 e. The van der Waals surface area contributed by atoms with Crippen LogP contribution >= 0.6 is 0 Å². The summed E-state index contributed by atoms with van der Waals surface area (Å²) >= 11 is 0. The Kier molecular flexibility index (Phi) is 5.49. The van der Waals surface area contributed by atoms with E-state index in [2.05, 4.69) is 5.32 Å². The SMILES string of the molecule is O=C(COC(=O)C=Cc1ccc(F)cc1)NC1CCS(=O)(=O)C1. The Morgan fingerprint density at radius 2 is 2.00 bits per heavy atom. The largest absolute Gasteiger partial charge is 0.452 e. The second-order valence-electron chi connectivity index (χ2n) is 5.16. The van der Waals surface area contributed by atoms with Gasteiger partial charge in [-0.3, -0.25) is 4.79 Å². The first-order valence-electron chi connectivity index (χ1n) is 6.94. The third-order valence-corrected chi connectivity index (χ3v) is 4.99. The van der Waals surface area contributed by atoms with Crippen LogP contribution in [0.15, 0.2) is 30.3 Å². The molecule has 1 atom stereocenters. The van der Waals surface area contributed by atoms with Crippen molar-refractivity contribution in [3.05, 3.63) is 41.7 Å². The van der Waals surface area contributed by atoms with E-state index < -0.39 is 34.4 Å². The summed E-state index contributed by atoms with van der Waals surface area (Å²) < 4.78 is 40.0. The molecule has 1 unspecified atom stereocenters. The van der Waals surface area contributed by atoms with E-state index in [0.29, 0.717) is 12.0 Å². The first-order valence-corrected chi connectivity index (χ1v) is 8.76. The van der Waals surface area contributed by atoms with Crippen LogP contribution in [-0.2, 0) is 24.2 Å². The lowest BCUT2D eigenvalue weighted by Crippen LogP contribution is -2.38. The van der Waals surface area contributed by atoms with Crippen LogP contribution < -0.4 is 5.32 Å². The third-order valence-electron chi connectivity index (χ3n) is 3.22. The summed E-state index contributed by atoms with van der Waals surface area (Å²) in [4.78, 5) is 23.0. The summed E-state index contributed by atoms with van der Waals surface area (Å²) in [6, 6.07) is 5.07. The van der Waals surface area contributed by atoms with Gasteiger partial charge >= 0.3 is 5.97 Å². The molecule has 1 N–H and O–H groups in total. The molecule has 1 amide bonds. The molecule has 0 radical (unpaired) electrons. The van der Waals surface area contributed by atoms with Crippen LogP contribution in [0.3, 0.4) is 0 Å². The van der Waals surface area contributed by atoms with Crippen LogP contribution in [0.5, 0.6) is 0 Å². The lowest BCUT2D eigenvalue weighted by atomic mass is 10.2. The van der Waals surface area contributed by atoms with Crippen molar-refractivity contribution in [1.29, 1.82) is 0 Å². The molecule has 0 spiro atoms. The van der Waals surface area contributed by atoms with E-state index in [4.69, 9.17) is 4.74 Å². The van der Waals surface area contributed by atoms with Crippen molar-refractivity contribution in [2.45, 2.75) is 12.5 Å². The topological polar surface area (TPSA) is 89.5 Å². The molecule has 1 aromatic rings. The Bertz CT molecular complexity index is 712. The molecule has 23 heavy (non-hydrogen) atoms. The number of rotatable bonds is 5. The molecular formula is C15H16FNO5S. The maximum absolute atomic E-state index is 12.7. The van der Waals surface area contributed by atoms with Gasteiger partial charge in [0.05, 0.1) is 11.5 Å². The minimum atomic E-state index is -3.08. The second-order valence-corrected chi connectivity index (χ2v) is 7.39. The summed E-state index contributed by atoms with van der Waals surface area (Å²) in [6.07, 6.45) is 2.93. The molecule has 1 aromatic carbocycles. The molecule has 1 aliphatic rings. The zero-order valence-corrected chi connectivity index (χ0v) is 13.0. The van der Waals surface area contributed by atoms with Crippen LogP contribution in [0.4, 0.5) is 4.39 Å². The number of hydrogen-bond acceptors (Lipinski definition) is 5. The highest BCUT2D eigenvalue weighted by atomic mass is 32.2. The zero-order chi connectivity index (χ0) is 16.9. The summed E-state index contributed by atoms with van der Waals surface area (Å²) in [5, 5.41) is 2.51. The molecular weight excluding hydrogens is 325 g/mol. The lowest BCUT2D eigenvalue weighted by molar-refractivity contribution is -0.143. The highest BCUT2D eigenvalue weighted by Crippen LogP contribution is 2.11. The molecule has 6 nitrogen and oxygen atoms in total. The fourth-order valence-electron chi connectivity index (χ4n) is 2.10. The van der Waals surface area contributed by atoms with Gasteiger partial charge in [0.1, 0.15) is 5.82 Å². The molecule has 2 rings (SSSR count). The standard InChI is InChI=1S/C15H16FNO5S/c16-12-4-1-11(2-5-12)3-6-15(19)22-9-14(18)17-13-7-8-23(20,21)10-13/h1-6,13H,7-10H2,(H,17,18). The number of ether oxygens (including phenoxy) is 1. The molecule has 1 fully saturated rings. The van der Waals surface area contributed by atoms with Gasteiger partial charge in [0, 0.05) is 12.1 Å². The van der Waals surface area contributed by atoms with Crippen molar-refractivity contribution in [3.8, 4) is 0 Å². The number of halogens is 1. The first kappa shape index (κ1) is 17.1. The number of nitrogens with one attached hydrogen (secondary N) is 1. The fourth-order valence-corrected chi connectivity index (χ4v) is 3.77. The van der Waals surface area contributed by atoms with Crippen molar-refractivity contribution >= 4 is 27.8 Å². The Labute approximate surface area is 133 Å². The summed E-state index contributed by atoms with van der Waals surface area (Å²) in [5.74, 6) is -1.68. The number of hydrogen-bond donors (Lipinski definition) is 1. The molecule has 0 aliphatic carbocycles. The third kappa shape index (κ3) is 5.82. The minimum absolute atomic E-state index is 0.0537. The summed E-state index contributed by atoms with van der Waals surface area (Å²) in [6.45, 7) is -0.483. The molecule has 1 heterocycles. The molecule has 8 heteroatoms. The second kappa shape index (κ2) is 7.36. The van der Waals surface area contributed by atoms with E-state index in [0.717, 1.165) is 6.08 Å². The van der Waals surface area contributed by atoms with Crippen LogP contribution in [0, 0.1) is 5.82 Å². The Balaban J connectivity index is 1.73. The molecule has 0 bridgehead atoms. The van der Waals surface area contributed by atoms with Crippen molar-refractivity contribution in [1.82, 2.24) is 5.32 Å². The van der Waals surface area contributed by atoms with Crippen LogP contribution in [-0.4, -0.2) is 44.4 Å². The predicted molar refractivity (Wildman–Crippen MR) is 81.6 cm³/mol. The van der Waals surface area contributed by atoms with Crippen LogP contribution in [0.2, 0.25) is 0 Å². The maximum atomic E-state index is 12.7. The molecule has 0 saturated carbocycles. The molecule has 1 saturated heterocycles. The normalized spacial score (nSPS) is 19.6. The van der Waals surface area contributed by atoms with Crippen molar-refractivity contribution in [2.24, 2.45) is 0 Å². The van der Waals surface area contributed by atoms with Gasteiger partial charge in [-0.05, 0) is 30.2 Å². The molecule has 124 valence electrons. The van der Waals surface area contributed by atoms with Gasteiger partial charge in [0.15, 0.2) is 16.4 Å². The van der Waals surface area contributed by atoms with Gasteiger partial charge in [-0.2, -0.15) is 0 Å². The van der Waals surface area contributed by atoms with E-state index in [1.165, 1.54) is 30.3 Å². The number of amides is 1. The van der Waals surface area contributed by atoms with Crippen LogP contribution in [0.1, 0.15) is 12.0 Å². The Morgan fingerprint density at radius 3 is 2.61 bits per heavy atom. The van der Waals surface area contributed by atoms with Gasteiger partial charge in [-0.1, -0.05) is 12.1 Å².